The normalized spacial score (nSPS) is 17.9. The SMILES string of the molecule is CCOC(=O)[C@H](c1ccccc1)N1CCCC1. The summed E-state index contributed by atoms with van der Waals surface area (Å²) in [5, 5.41) is 0. The molecule has 1 fully saturated rings. The molecule has 1 aliphatic rings. The molecule has 1 saturated heterocycles. The van der Waals surface area contributed by atoms with E-state index in [0.29, 0.717) is 6.61 Å². The molecule has 1 aromatic carbocycles. The molecule has 0 aromatic heterocycles. The van der Waals surface area contributed by atoms with Gasteiger partial charge in [-0.1, -0.05) is 30.3 Å². The smallest absolute Gasteiger partial charge is 0.327 e. The first-order valence-electron chi connectivity index (χ1n) is 6.28. The number of esters is 1. The van der Waals surface area contributed by atoms with Crippen LogP contribution >= 0.6 is 0 Å². The molecule has 1 atom stereocenters. The van der Waals surface area contributed by atoms with Gasteiger partial charge in [-0.05, 0) is 38.4 Å². The number of nitrogens with zero attached hydrogens (tertiary/aromatic N) is 1. The van der Waals surface area contributed by atoms with Gasteiger partial charge in [0.05, 0.1) is 6.61 Å². The van der Waals surface area contributed by atoms with Crippen molar-refractivity contribution < 1.29 is 9.53 Å². The van der Waals surface area contributed by atoms with Crippen LogP contribution in [-0.2, 0) is 9.53 Å². The standard InChI is InChI=1S/C14H19NO2/c1-2-17-14(16)13(15-10-6-7-11-15)12-8-4-3-5-9-12/h3-5,8-9,13H,2,6-7,10-11H2,1H3/t13-/m0/s1. The van der Waals surface area contributed by atoms with Gasteiger partial charge >= 0.3 is 5.97 Å². The fourth-order valence-electron chi connectivity index (χ4n) is 2.35. The van der Waals surface area contributed by atoms with Crippen LogP contribution in [0.15, 0.2) is 30.3 Å². The molecule has 0 N–H and O–H groups in total. The van der Waals surface area contributed by atoms with Crippen LogP contribution in [0.1, 0.15) is 31.4 Å². The van der Waals surface area contributed by atoms with E-state index in [4.69, 9.17) is 4.74 Å². The minimum absolute atomic E-state index is 0.124. The minimum atomic E-state index is -0.223. The molecule has 0 unspecified atom stereocenters. The first-order valence-corrected chi connectivity index (χ1v) is 6.28. The van der Waals surface area contributed by atoms with Crippen molar-refractivity contribution in [3.63, 3.8) is 0 Å². The average molecular weight is 233 g/mol. The number of likely N-dealkylation sites (tertiary alicyclic amines) is 1. The second-order valence-corrected chi connectivity index (χ2v) is 4.31. The summed E-state index contributed by atoms with van der Waals surface area (Å²) in [5.74, 6) is -0.124. The van der Waals surface area contributed by atoms with E-state index in [2.05, 4.69) is 4.90 Å². The molecular weight excluding hydrogens is 214 g/mol. The number of carbonyl (C=O) groups is 1. The lowest BCUT2D eigenvalue weighted by atomic mass is 10.1. The lowest BCUT2D eigenvalue weighted by Gasteiger charge is -2.25. The number of hydrogen-bond donors (Lipinski definition) is 0. The highest BCUT2D eigenvalue weighted by molar-refractivity contribution is 5.77. The van der Waals surface area contributed by atoms with E-state index in [0.717, 1.165) is 18.7 Å². The van der Waals surface area contributed by atoms with Gasteiger partial charge in [0.25, 0.3) is 0 Å². The van der Waals surface area contributed by atoms with Gasteiger partial charge in [0.2, 0.25) is 0 Å². The van der Waals surface area contributed by atoms with Crippen molar-refractivity contribution >= 4 is 5.97 Å². The maximum atomic E-state index is 12.1. The Morgan fingerprint density at radius 2 is 1.94 bits per heavy atom. The first kappa shape index (κ1) is 12.1. The summed E-state index contributed by atoms with van der Waals surface area (Å²) < 4.78 is 5.19. The van der Waals surface area contributed by atoms with Gasteiger partial charge in [0.1, 0.15) is 6.04 Å². The number of benzene rings is 1. The third kappa shape index (κ3) is 2.86. The monoisotopic (exact) mass is 233 g/mol. The summed E-state index contributed by atoms with van der Waals surface area (Å²) in [6.07, 6.45) is 2.34. The molecular formula is C14H19NO2. The highest BCUT2D eigenvalue weighted by Crippen LogP contribution is 2.26. The van der Waals surface area contributed by atoms with Gasteiger partial charge in [0.15, 0.2) is 0 Å². The largest absolute Gasteiger partial charge is 0.465 e. The zero-order valence-corrected chi connectivity index (χ0v) is 10.3. The molecule has 0 spiro atoms. The van der Waals surface area contributed by atoms with Gasteiger partial charge < -0.3 is 4.74 Å². The Morgan fingerprint density at radius 1 is 1.29 bits per heavy atom. The summed E-state index contributed by atoms with van der Waals surface area (Å²) in [6.45, 7) is 4.26. The van der Waals surface area contributed by atoms with Crippen LogP contribution < -0.4 is 0 Å². The predicted octanol–water partition coefficient (Wildman–Crippen LogP) is 2.39. The Balaban J connectivity index is 2.20. The molecule has 0 radical (unpaired) electrons. The maximum Gasteiger partial charge on any atom is 0.327 e. The van der Waals surface area contributed by atoms with Crippen molar-refractivity contribution in [3.8, 4) is 0 Å². The second-order valence-electron chi connectivity index (χ2n) is 4.31. The quantitative estimate of drug-likeness (QED) is 0.748. The number of rotatable bonds is 4. The average Bonchev–Trinajstić information content (AvgIpc) is 2.85. The zero-order chi connectivity index (χ0) is 12.1. The molecule has 0 saturated carbocycles. The summed E-state index contributed by atoms with van der Waals surface area (Å²) in [6, 6.07) is 9.68. The fourth-order valence-corrected chi connectivity index (χ4v) is 2.35. The number of hydrogen-bond acceptors (Lipinski definition) is 3. The Morgan fingerprint density at radius 3 is 2.53 bits per heavy atom. The van der Waals surface area contributed by atoms with Gasteiger partial charge in [0, 0.05) is 0 Å². The lowest BCUT2D eigenvalue weighted by molar-refractivity contribution is -0.149. The lowest BCUT2D eigenvalue weighted by Crippen LogP contribution is -2.33. The van der Waals surface area contributed by atoms with Crippen LogP contribution in [0.3, 0.4) is 0 Å². The van der Waals surface area contributed by atoms with E-state index < -0.39 is 0 Å². The Labute approximate surface area is 102 Å². The van der Waals surface area contributed by atoms with Gasteiger partial charge in [-0.15, -0.1) is 0 Å². The van der Waals surface area contributed by atoms with Crippen molar-refractivity contribution in [2.45, 2.75) is 25.8 Å². The van der Waals surface area contributed by atoms with Crippen molar-refractivity contribution in [2.24, 2.45) is 0 Å². The molecule has 0 amide bonds. The third-order valence-electron chi connectivity index (χ3n) is 3.13. The molecule has 0 bridgehead atoms. The third-order valence-corrected chi connectivity index (χ3v) is 3.13. The molecule has 1 heterocycles. The van der Waals surface area contributed by atoms with E-state index in [1.807, 2.05) is 37.3 Å². The van der Waals surface area contributed by atoms with Crippen LogP contribution in [0.2, 0.25) is 0 Å². The highest BCUT2D eigenvalue weighted by atomic mass is 16.5. The van der Waals surface area contributed by atoms with Gasteiger partial charge in [-0.25, -0.2) is 4.79 Å². The van der Waals surface area contributed by atoms with Crippen LogP contribution in [0.5, 0.6) is 0 Å². The minimum Gasteiger partial charge on any atom is -0.465 e. The topological polar surface area (TPSA) is 29.5 Å². The van der Waals surface area contributed by atoms with Crippen LogP contribution in [-0.4, -0.2) is 30.6 Å². The van der Waals surface area contributed by atoms with Gasteiger partial charge in [-0.3, -0.25) is 4.90 Å². The van der Waals surface area contributed by atoms with Crippen molar-refractivity contribution in [1.82, 2.24) is 4.90 Å². The molecule has 92 valence electrons. The maximum absolute atomic E-state index is 12.1. The molecule has 1 aromatic rings. The summed E-state index contributed by atoms with van der Waals surface area (Å²) in [7, 11) is 0. The van der Waals surface area contributed by atoms with Gasteiger partial charge in [-0.2, -0.15) is 0 Å². The predicted molar refractivity (Wildman–Crippen MR) is 66.6 cm³/mol. The molecule has 17 heavy (non-hydrogen) atoms. The van der Waals surface area contributed by atoms with Crippen LogP contribution in [0.4, 0.5) is 0 Å². The molecule has 3 nitrogen and oxygen atoms in total. The zero-order valence-electron chi connectivity index (χ0n) is 10.3. The number of ether oxygens (including phenoxy) is 1. The second kappa shape index (κ2) is 5.82. The van der Waals surface area contributed by atoms with E-state index >= 15 is 0 Å². The summed E-state index contributed by atoms with van der Waals surface area (Å²) >= 11 is 0. The first-order chi connectivity index (χ1) is 8.33. The highest BCUT2D eigenvalue weighted by Gasteiger charge is 2.30. The van der Waals surface area contributed by atoms with E-state index in [-0.39, 0.29) is 12.0 Å². The van der Waals surface area contributed by atoms with E-state index in [9.17, 15) is 4.79 Å². The summed E-state index contributed by atoms with van der Waals surface area (Å²) in [5.41, 5.74) is 1.04. The molecule has 3 heteroatoms. The van der Waals surface area contributed by atoms with Crippen molar-refractivity contribution in [2.75, 3.05) is 19.7 Å². The molecule has 2 rings (SSSR count). The van der Waals surface area contributed by atoms with Crippen LogP contribution in [0, 0.1) is 0 Å². The van der Waals surface area contributed by atoms with Crippen LogP contribution in [0.25, 0.3) is 0 Å². The number of carbonyl (C=O) groups excluding carboxylic acids is 1. The summed E-state index contributed by atoms with van der Waals surface area (Å²) in [4.78, 5) is 14.3. The molecule has 1 aliphatic heterocycles. The Kier molecular flexibility index (Phi) is 4.15. The van der Waals surface area contributed by atoms with Crippen molar-refractivity contribution in [3.05, 3.63) is 35.9 Å². The molecule has 0 aliphatic carbocycles. The van der Waals surface area contributed by atoms with E-state index in [1.165, 1.54) is 12.8 Å². The van der Waals surface area contributed by atoms with E-state index in [1.54, 1.807) is 0 Å². The van der Waals surface area contributed by atoms with Crippen molar-refractivity contribution in [1.29, 1.82) is 0 Å². The Bertz CT molecular complexity index is 358. The fraction of sp³-hybridized carbons (Fsp3) is 0.500. The Hall–Kier alpha value is -1.35.